The zero-order chi connectivity index (χ0) is 20.5. The second-order valence-electron chi connectivity index (χ2n) is 6.57. The van der Waals surface area contributed by atoms with Crippen LogP contribution in [0.1, 0.15) is 49.0 Å². The van der Waals surface area contributed by atoms with Crippen molar-refractivity contribution >= 4 is 29.1 Å². The summed E-state index contributed by atoms with van der Waals surface area (Å²) in [5.74, 6) is 0.0741. The summed E-state index contributed by atoms with van der Waals surface area (Å²) in [7, 11) is 0. The van der Waals surface area contributed by atoms with Crippen LogP contribution in [0.25, 0.3) is 0 Å². The number of halogens is 1. The first-order valence-corrected chi connectivity index (χ1v) is 9.95. The largest absolute Gasteiger partial charge is 0.481 e. The van der Waals surface area contributed by atoms with E-state index in [-0.39, 0.29) is 11.8 Å². The molecule has 2 aromatic rings. The minimum atomic E-state index is -0.684. The molecule has 0 aliphatic heterocycles. The van der Waals surface area contributed by atoms with Crippen LogP contribution in [0.5, 0.6) is 5.75 Å². The molecule has 0 heterocycles. The lowest BCUT2D eigenvalue weighted by molar-refractivity contribution is -0.122. The Morgan fingerprint density at radius 2 is 1.89 bits per heavy atom. The Labute approximate surface area is 171 Å². The molecule has 1 atom stereocenters. The Kier molecular flexibility index (Phi) is 8.33. The van der Waals surface area contributed by atoms with Crippen molar-refractivity contribution in [1.82, 2.24) is 5.32 Å². The predicted molar refractivity (Wildman–Crippen MR) is 113 cm³/mol. The summed E-state index contributed by atoms with van der Waals surface area (Å²) in [6, 6.07) is 12.2. The molecule has 6 heteroatoms. The molecule has 0 aliphatic rings. The molecule has 0 saturated carbocycles. The quantitative estimate of drug-likeness (QED) is 0.581. The zero-order valence-corrected chi connectivity index (χ0v) is 17.3. The summed E-state index contributed by atoms with van der Waals surface area (Å²) < 4.78 is 5.84. The Balaban J connectivity index is 2.09. The van der Waals surface area contributed by atoms with E-state index in [1.807, 2.05) is 13.8 Å². The number of hydrogen-bond donors (Lipinski definition) is 2. The molecule has 0 radical (unpaired) electrons. The van der Waals surface area contributed by atoms with E-state index >= 15 is 0 Å². The van der Waals surface area contributed by atoms with E-state index in [9.17, 15) is 9.59 Å². The second kappa shape index (κ2) is 10.7. The molecule has 0 saturated heterocycles. The highest BCUT2D eigenvalue weighted by Crippen LogP contribution is 2.23. The van der Waals surface area contributed by atoms with Crippen molar-refractivity contribution in [3.8, 4) is 5.75 Å². The van der Waals surface area contributed by atoms with Crippen molar-refractivity contribution in [2.45, 2.75) is 46.1 Å². The highest BCUT2D eigenvalue weighted by Gasteiger charge is 2.21. The molecule has 2 rings (SSSR count). The van der Waals surface area contributed by atoms with Crippen LogP contribution in [0.15, 0.2) is 42.5 Å². The van der Waals surface area contributed by atoms with E-state index in [0.717, 1.165) is 18.4 Å². The van der Waals surface area contributed by atoms with Crippen LogP contribution < -0.4 is 15.4 Å². The van der Waals surface area contributed by atoms with Crippen LogP contribution in [-0.4, -0.2) is 24.5 Å². The van der Waals surface area contributed by atoms with Crippen molar-refractivity contribution in [2.24, 2.45) is 0 Å². The molecule has 0 fully saturated rings. The van der Waals surface area contributed by atoms with E-state index < -0.39 is 6.10 Å². The average Bonchev–Trinajstić information content (AvgIpc) is 2.69. The van der Waals surface area contributed by atoms with Gasteiger partial charge in [-0.05, 0) is 55.7 Å². The molecule has 2 aromatic carbocycles. The predicted octanol–water partition coefficient (Wildman–Crippen LogP) is 4.97. The summed E-state index contributed by atoms with van der Waals surface area (Å²) in [6.07, 6.45) is 1.71. The minimum absolute atomic E-state index is 0.202. The third-order valence-electron chi connectivity index (χ3n) is 4.32. The van der Waals surface area contributed by atoms with Gasteiger partial charge in [-0.2, -0.15) is 0 Å². The topological polar surface area (TPSA) is 67.4 Å². The van der Waals surface area contributed by atoms with Gasteiger partial charge in [0.2, 0.25) is 0 Å². The highest BCUT2D eigenvalue weighted by molar-refractivity contribution is 6.31. The van der Waals surface area contributed by atoms with Gasteiger partial charge in [-0.25, -0.2) is 0 Å². The summed E-state index contributed by atoms with van der Waals surface area (Å²) in [4.78, 5) is 25.2. The molecule has 0 spiro atoms. The van der Waals surface area contributed by atoms with Gasteiger partial charge in [0, 0.05) is 11.6 Å². The van der Waals surface area contributed by atoms with E-state index in [0.29, 0.717) is 35.0 Å². The van der Waals surface area contributed by atoms with E-state index in [2.05, 4.69) is 17.6 Å². The number of unbranched alkanes of at least 4 members (excludes halogenated alkanes) is 1. The van der Waals surface area contributed by atoms with Crippen molar-refractivity contribution in [2.75, 3.05) is 11.9 Å². The van der Waals surface area contributed by atoms with Gasteiger partial charge < -0.3 is 15.4 Å². The van der Waals surface area contributed by atoms with Crippen molar-refractivity contribution < 1.29 is 14.3 Å². The van der Waals surface area contributed by atoms with Gasteiger partial charge in [0.15, 0.2) is 6.10 Å². The lowest BCUT2D eigenvalue weighted by atomic mass is 10.1. The number of anilines is 1. The number of nitrogens with one attached hydrogen (secondary N) is 2. The molecule has 0 aliphatic carbocycles. The fraction of sp³-hybridized carbons (Fsp3) is 0.364. The number of carbonyl (C=O) groups excluding carboxylic acids is 2. The molecule has 150 valence electrons. The number of para-hydroxylation sites is 1. The van der Waals surface area contributed by atoms with E-state index in [1.54, 1.807) is 42.5 Å². The zero-order valence-electron chi connectivity index (χ0n) is 16.5. The fourth-order valence-electron chi connectivity index (χ4n) is 2.65. The van der Waals surface area contributed by atoms with Gasteiger partial charge in [-0.1, -0.05) is 44.0 Å². The Bertz CT molecular complexity index is 823. The summed E-state index contributed by atoms with van der Waals surface area (Å²) in [5.41, 5.74) is 1.78. The molecule has 1 unspecified atom stereocenters. The number of aryl methyl sites for hydroxylation is 1. The molecule has 0 bridgehead atoms. The minimum Gasteiger partial charge on any atom is -0.481 e. The monoisotopic (exact) mass is 402 g/mol. The van der Waals surface area contributed by atoms with Crippen LogP contribution in [-0.2, 0) is 4.79 Å². The summed E-state index contributed by atoms with van der Waals surface area (Å²) in [5, 5.41) is 6.35. The Morgan fingerprint density at radius 3 is 2.57 bits per heavy atom. The molecule has 28 heavy (non-hydrogen) atoms. The first kappa shape index (κ1) is 21.8. The van der Waals surface area contributed by atoms with Crippen LogP contribution in [0.4, 0.5) is 5.69 Å². The van der Waals surface area contributed by atoms with Crippen LogP contribution in [0.3, 0.4) is 0 Å². The number of rotatable bonds is 9. The highest BCUT2D eigenvalue weighted by atomic mass is 35.5. The van der Waals surface area contributed by atoms with Crippen LogP contribution >= 0.6 is 11.6 Å². The molecular formula is C22H27ClN2O3. The maximum Gasteiger partial charge on any atom is 0.265 e. The Morgan fingerprint density at radius 1 is 1.14 bits per heavy atom. The molecule has 2 N–H and O–H groups in total. The van der Waals surface area contributed by atoms with Gasteiger partial charge in [-0.15, -0.1) is 0 Å². The van der Waals surface area contributed by atoms with E-state index in [1.165, 1.54) is 0 Å². The smallest absolute Gasteiger partial charge is 0.265 e. The molecule has 2 amide bonds. The first-order valence-electron chi connectivity index (χ1n) is 9.57. The SMILES string of the molecule is CCCCNC(=O)c1ccccc1NC(=O)C(CC)Oc1ccc(Cl)c(C)c1. The van der Waals surface area contributed by atoms with Crippen molar-refractivity contribution in [3.05, 3.63) is 58.6 Å². The lowest BCUT2D eigenvalue weighted by Gasteiger charge is -2.19. The third-order valence-corrected chi connectivity index (χ3v) is 4.74. The van der Waals surface area contributed by atoms with Crippen LogP contribution in [0, 0.1) is 6.92 Å². The third kappa shape index (κ3) is 5.99. The standard InChI is InChI=1S/C22H27ClN2O3/c1-4-6-13-24-21(26)17-9-7-8-10-19(17)25-22(27)20(5-2)28-16-11-12-18(23)15(3)14-16/h7-12,14,20H,4-6,13H2,1-3H3,(H,24,26)(H,25,27). The van der Waals surface area contributed by atoms with Crippen molar-refractivity contribution in [1.29, 1.82) is 0 Å². The fourth-order valence-corrected chi connectivity index (χ4v) is 2.77. The van der Waals surface area contributed by atoms with Gasteiger partial charge >= 0.3 is 0 Å². The maximum atomic E-state index is 12.7. The van der Waals surface area contributed by atoms with E-state index in [4.69, 9.17) is 16.3 Å². The maximum absolute atomic E-state index is 12.7. The Hall–Kier alpha value is -2.53. The van der Waals surface area contributed by atoms with Gasteiger partial charge in [-0.3, -0.25) is 9.59 Å². The number of hydrogen-bond acceptors (Lipinski definition) is 3. The number of amides is 2. The molecule has 0 aromatic heterocycles. The van der Waals surface area contributed by atoms with Crippen LogP contribution in [0.2, 0.25) is 5.02 Å². The normalized spacial score (nSPS) is 11.6. The molecule has 5 nitrogen and oxygen atoms in total. The first-order chi connectivity index (χ1) is 13.5. The second-order valence-corrected chi connectivity index (χ2v) is 6.98. The average molecular weight is 403 g/mol. The summed E-state index contributed by atoms with van der Waals surface area (Å²) >= 11 is 6.04. The summed E-state index contributed by atoms with van der Waals surface area (Å²) in [6.45, 7) is 6.42. The number of carbonyl (C=O) groups is 2. The number of ether oxygens (including phenoxy) is 1. The molecular weight excluding hydrogens is 376 g/mol. The lowest BCUT2D eigenvalue weighted by Crippen LogP contribution is -2.33. The van der Waals surface area contributed by atoms with Gasteiger partial charge in [0.25, 0.3) is 11.8 Å². The van der Waals surface area contributed by atoms with Gasteiger partial charge in [0.05, 0.1) is 11.3 Å². The van der Waals surface area contributed by atoms with Crippen molar-refractivity contribution in [3.63, 3.8) is 0 Å². The number of benzene rings is 2. The van der Waals surface area contributed by atoms with Gasteiger partial charge in [0.1, 0.15) is 5.75 Å².